The summed E-state index contributed by atoms with van der Waals surface area (Å²) >= 11 is 0. The van der Waals surface area contributed by atoms with E-state index >= 15 is 0 Å². The van der Waals surface area contributed by atoms with Gasteiger partial charge in [-0.25, -0.2) is 4.98 Å². The summed E-state index contributed by atoms with van der Waals surface area (Å²) in [6.07, 6.45) is 4.23. The van der Waals surface area contributed by atoms with Gasteiger partial charge in [0.15, 0.2) is 0 Å². The van der Waals surface area contributed by atoms with E-state index in [2.05, 4.69) is 53.7 Å². The fraction of sp³-hybridized carbons (Fsp3) is 0.357. The average molecular weight is 214 g/mol. The Morgan fingerprint density at radius 2 is 1.94 bits per heavy atom. The van der Waals surface area contributed by atoms with Crippen LogP contribution in [0.3, 0.4) is 0 Å². The van der Waals surface area contributed by atoms with Crippen LogP contribution >= 0.6 is 0 Å². The molecule has 84 valence electrons. The SMILES string of the molecule is CCCc1c(C)ncn1Cc1ccccc1. The van der Waals surface area contributed by atoms with E-state index in [1.54, 1.807) is 0 Å². The molecule has 0 aliphatic carbocycles. The van der Waals surface area contributed by atoms with Gasteiger partial charge in [-0.1, -0.05) is 43.7 Å². The Labute approximate surface area is 97.0 Å². The fourth-order valence-corrected chi connectivity index (χ4v) is 1.99. The van der Waals surface area contributed by atoms with Gasteiger partial charge in [0, 0.05) is 12.2 Å². The summed E-state index contributed by atoms with van der Waals surface area (Å²) in [6.45, 7) is 5.22. The molecule has 2 nitrogen and oxygen atoms in total. The zero-order valence-corrected chi connectivity index (χ0v) is 9.98. The predicted molar refractivity (Wildman–Crippen MR) is 66.5 cm³/mol. The molecule has 2 heteroatoms. The third kappa shape index (κ3) is 2.32. The van der Waals surface area contributed by atoms with Gasteiger partial charge in [0.2, 0.25) is 0 Å². The van der Waals surface area contributed by atoms with Gasteiger partial charge in [-0.05, 0) is 18.9 Å². The molecule has 0 saturated heterocycles. The molecule has 1 aromatic heterocycles. The molecule has 0 aliphatic rings. The third-order valence-electron chi connectivity index (χ3n) is 2.84. The molecule has 0 spiro atoms. The van der Waals surface area contributed by atoms with Crippen molar-refractivity contribution in [2.45, 2.75) is 33.2 Å². The number of hydrogen-bond acceptors (Lipinski definition) is 1. The second-order valence-electron chi connectivity index (χ2n) is 4.14. The van der Waals surface area contributed by atoms with Crippen LogP contribution in [0.5, 0.6) is 0 Å². The Balaban J connectivity index is 2.21. The first-order valence-corrected chi connectivity index (χ1v) is 5.85. The minimum absolute atomic E-state index is 0.928. The summed E-state index contributed by atoms with van der Waals surface area (Å²) in [6, 6.07) is 10.5. The fourth-order valence-electron chi connectivity index (χ4n) is 1.99. The van der Waals surface area contributed by atoms with Crippen molar-refractivity contribution in [1.29, 1.82) is 0 Å². The highest BCUT2D eigenvalue weighted by Crippen LogP contribution is 2.11. The minimum atomic E-state index is 0.928. The molecule has 0 amide bonds. The van der Waals surface area contributed by atoms with E-state index in [0.717, 1.165) is 18.7 Å². The molecule has 0 atom stereocenters. The first-order valence-electron chi connectivity index (χ1n) is 5.85. The van der Waals surface area contributed by atoms with Crippen LogP contribution in [0.1, 0.15) is 30.3 Å². The van der Waals surface area contributed by atoms with Gasteiger partial charge in [0.25, 0.3) is 0 Å². The number of imidazole rings is 1. The molecule has 0 unspecified atom stereocenters. The van der Waals surface area contributed by atoms with Gasteiger partial charge >= 0.3 is 0 Å². The largest absolute Gasteiger partial charge is 0.330 e. The Morgan fingerprint density at radius 3 is 2.62 bits per heavy atom. The Kier molecular flexibility index (Phi) is 3.40. The van der Waals surface area contributed by atoms with Gasteiger partial charge in [-0.3, -0.25) is 0 Å². The Bertz CT molecular complexity index is 443. The van der Waals surface area contributed by atoms with E-state index < -0.39 is 0 Å². The summed E-state index contributed by atoms with van der Waals surface area (Å²) in [5.74, 6) is 0. The molecule has 0 radical (unpaired) electrons. The van der Waals surface area contributed by atoms with Crippen LogP contribution in [-0.4, -0.2) is 9.55 Å². The predicted octanol–water partition coefficient (Wildman–Crippen LogP) is 3.19. The van der Waals surface area contributed by atoms with Gasteiger partial charge in [0.05, 0.1) is 12.0 Å². The van der Waals surface area contributed by atoms with Crippen LogP contribution in [0.4, 0.5) is 0 Å². The molecular weight excluding hydrogens is 196 g/mol. The second-order valence-corrected chi connectivity index (χ2v) is 4.14. The monoisotopic (exact) mass is 214 g/mol. The van der Waals surface area contributed by atoms with Crippen molar-refractivity contribution in [3.63, 3.8) is 0 Å². The second kappa shape index (κ2) is 4.97. The molecule has 1 heterocycles. The van der Waals surface area contributed by atoms with Crippen molar-refractivity contribution in [1.82, 2.24) is 9.55 Å². The standard InChI is InChI=1S/C14H18N2/c1-3-7-14-12(2)15-11-16(14)10-13-8-5-4-6-9-13/h4-6,8-9,11H,3,7,10H2,1-2H3. The van der Waals surface area contributed by atoms with Crippen LogP contribution < -0.4 is 0 Å². The zero-order valence-electron chi connectivity index (χ0n) is 9.98. The summed E-state index contributed by atoms with van der Waals surface area (Å²) in [7, 11) is 0. The normalized spacial score (nSPS) is 10.6. The van der Waals surface area contributed by atoms with E-state index in [1.165, 1.54) is 17.7 Å². The number of hydrogen-bond donors (Lipinski definition) is 0. The molecule has 2 aromatic rings. The lowest BCUT2D eigenvalue weighted by molar-refractivity contribution is 0.720. The van der Waals surface area contributed by atoms with Crippen LogP contribution in [-0.2, 0) is 13.0 Å². The third-order valence-corrected chi connectivity index (χ3v) is 2.84. The van der Waals surface area contributed by atoms with Gasteiger partial charge in [0.1, 0.15) is 0 Å². The van der Waals surface area contributed by atoms with Crippen molar-refractivity contribution in [2.24, 2.45) is 0 Å². The molecule has 0 fully saturated rings. The number of benzene rings is 1. The van der Waals surface area contributed by atoms with Crippen molar-refractivity contribution in [3.8, 4) is 0 Å². The van der Waals surface area contributed by atoms with Crippen LogP contribution in [0.2, 0.25) is 0 Å². The average Bonchev–Trinajstić information content (AvgIpc) is 2.64. The molecule has 1 aromatic carbocycles. The highest BCUT2D eigenvalue weighted by Gasteiger charge is 2.06. The summed E-state index contributed by atoms with van der Waals surface area (Å²) in [5.41, 5.74) is 3.86. The van der Waals surface area contributed by atoms with E-state index in [9.17, 15) is 0 Å². The van der Waals surface area contributed by atoms with Crippen molar-refractivity contribution in [3.05, 3.63) is 53.6 Å². The summed E-state index contributed by atoms with van der Waals surface area (Å²) in [4.78, 5) is 4.39. The molecule has 0 bridgehead atoms. The number of nitrogens with zero attached hydrogens (tertiary/aromatic N) is 2. The topological polar surface area (TPSA) is 17.8 Å². The minimum Gasteiger partial charge on any atom is -0.330 e. The van der Waals surface area contributed by atoms with Gasteiger partial charge < -0.3 is 4.57 Å². The first kappa shape index (κ1) is 10.9. The maximum atomic E-state index is 4.39. The quantitative estimate of drug-likeness (QED) is 0.764. The van der Waals surface area contributed by atoms with E-state index in [-0.39, 0.29) is 0 Å². The van der Waals surface area contributed by atoms with E-state index in [0.29, 0.717) is 0 Å². The zero-order chi connectivity index (χ0) is 11.4. The first-order chi connectivity index (χ1) is 7.81. The van der Waals surface area contributed by atoms with Gasteiger partial charge in [-0.15, -0.1) is 0 Å². The number of rotatable bonds is 4. The van der Waals surface area contributed by atoms with Crippen LogP contribution in [0, 0.1) is 6.92 Å². The van der Waals surface area contributed by atoms with Crippen molar-refractivity contribution >= 4 is 0 Å². The maximum Gasteiger partial charge on any atom is 0.0954 e. The molecule has 0 N–H and O–H groups in total. The maximum absolute atomic E-state index is 4.39. The van der Waals surface area contributed by atoms with Gasteiger partial charge in [-0.2, -0.15) is 0 Å². The molecule has 16 heavy (non-hydrogen) atoms. The van der Waals surface area contributed by atoms with E-state index in [1.807, 2.05) is 6.33 Å². The molecule has 2 rings (SSSR count). The molecule has 0 aliphatic heterocycles. The lowest BCUT2D eigenvalue weighted by Crippen LogP contribution is -2.03. The number of aromatic nitrogens is 2. The lowest BCUT2D eigenvalue weighted by atomic mass is 10.2. The lowest BCUT2D eigenvalue weighted by Gasteiger charge is -2.08. The highest BCUT2D eigenvalue weighted by molar-refractivity contribution is 5.18. The number of aryl methyl sites for hydroxylation is 1. The van der Waals surface area contributed by atoms with Crippen LogP contribution in [0.25, 0.3) is 0 Å². The van der Waals surface area contributed by atoms with Crippen LogP contribution in [0.15, 0.2) is 36.7 Å². The van der Waals surface area contributed by atoms with Crippen molar-refractivity contribution < 1.29 is 0 Å². The Morgan fingerprint density at radius 1 is 1.19 bits per heavy atom. The van der Waals surface area contributed by atoms with E-state index in [4.69, 9.17) is 0 Å². The van der Waals surface area contributed by atoms with Crippen molar-refractivity contribution in [2.75, 3.05) is 0 Å². The molecule has 0 saturated carbocycles. The Hall–Kier alpha value is -1.57. The highest BCUT2D eigenvalue weighted by atomic mass is 15.1. The summed E-state index contributed by atoms with van der Waals surface area (Å²) in [5, 5.41) is 0. The molecular formula is C14H18N2. The summed E-state index contributed by atoms with van der Waals surface area (Å²) < 4.78 is 2.26. The smallest absolute Gasteiger partial charge is 0.0954 e.